The Hall–Kier alpha value is -1.33. The van der Waals surface area contributed by atoms with Gasteiger partial charge in [-0.1, -0.05) is 0 Å². The van der Waals surface area contributed by atoms with Crippen LogP contribution in [0.2, 0.25) is 0 Å². The lowest BCUT2D eigenvalue weighted by atomic mass is 10.1. The summed E-state index contributed by atoms with van der Waals surface area (Å²) in [5.41, 5.74) is 0. The van der Waals surface area contributed by atoms with Gasteiger partial charge in [-0.05, 0) is 38.4 Å². The van der Waals surface area contributed by atoms with Gasteiger partial charge in [0.05, 0.1) is 12.1 Å². The summed E-state index contributed by atoms with van der Waals surface area (Å²) in [5, 5.41) is 8.84. The van der Waals surface area contributed by atoms with Crippen LogP contribution in [0, 0.1) is 0 Å². The number of carboxylic acids is 1. The zero-order chi connectivity index (χ0) is 13.1. The number of rotatable bonds is 4. The van der Waals surface area contributed by atoms with Gasteiger partial charge in [0.15, 0.2) is 0 Å². The Morgan fingerprint density at radius 2 is 2.39 bits per heavy atom. The molecule has 0 saturated carbocycles. The second kappa shape index (κ2) is 5.54. The number of methoxy groups -OCH3 is 1. The summed E-state index contributed by atoms with van der Waals surface area (Å²) in [5.74, 6) is -0.330. The maximum absolute atomic E-state index is 10.8. The van der Waals surface area contributed by atoms with E-state index in [1.165, 1.54) is 6.07 Å². The number of hydrogen-bond acceptors (Lipinski definition) is 4. The molecule has 5 nitrogen and oxygen atoms in total. The molecule has 5 heteroatoms. The lowest BCUT2D eigenvalue weighted by Gasteiger charge is -2.35. The topological polar surface area (TPSA) is 62.9 Å². The van der Waals surface area contributed by atoms with Crippen molar-refractivity contribution in [3.05, 3.63) is 23.7 Å². The fourth-order valence-corrected chi connectivity index (χ4v) is 2.38. The maximum atomic E-state index is 10.8. The smallest absolute Gasteiger partial charge is 0.371 e. The molecule has 1 aromatic heterocycles. The average molecular weight is 253 g/mol. The molecule has 1 aliphatic heterocycles. The fourth-order valence-electron chi connectivity index (χ4n) is 2.38. The van der Waals surface area contributed by atoms with E-state index in [1.54, 1.807) is 13.2 Å². The first-order valence-electron chi connectivity index (χ1n) is 6.21. The third kappa shape index (κ3) is 2.73. The lowest BCUT2D eigenvalue weighted by Crippen LogP contribution is -2.40. The van der Waals surface area contributed by atoms with E-state index in [0.717, 1.165) is 25.9 Å². The molecule has 0 amide bonds. The predicted octanol–water partition coefficient (Wildman–Crippen LogP) is 2.15. The van der Waals surface area contributed by atoms with Gasteiger partial charge < -0.3 is 14.3 Å². The first-order chi connectivity index (χ1) is 8.61. The minimum atomic E-state index is -1.03. The van der Waals surface area contributed by atoms with Gasteiger partial charge in [-0.3, -0.25) is 4.90 Å². The maximum Gasteiger partial charge on any atom is 0.371 e. The van der Waals surface area contributed by atoms with Gasteiger partial charge in [0.1, 0.15) is 5.76 Å². The monoisotopic (exact) mass is 253 g/mol. The number of ether oxygens (including phenoxy) is 1. The van der Waals surface area contributed by atoms with Crippen molar-refractivity contribution < 1.29 is 19.1 Å². The van der Waals surface area contributed by atoms with Crippen molar-refractivity contribution in [1.82, 2.24) is 4.90 Å². The molecule has 1 saturated heterocycles. The summed E-state index contributed by atoms with van der Waals surface area (Å²) in [7, 11) is 1.73. The van der Waals surface area contributed by atoms with E-state index in [4.69, 9.17) is 14.3 Å². The number of likely N-dealkylation sites (tertiary alicyclic amines) is 1. The van der Waals surface area contributed by atoms with Crippen molar-refractivity contribution in [3.63, 3.8) is 0 Å². The highest BCUT2D eigenvalue weighted by atomic mass is 16.5. The molecule has 1 fully saturated rings. The molecule has 100 valence electrons. The second-order valence-corrected chi connectivity index (χ2v) is 4.68. The largest absolute Gasteiger partial charge is 0.475 e. The molecular formula is C13H19NO4. The molecule has 18 heavy (non-hydrogen) atoms. The van der Waals surface area contributed by atoms with Gasteiger partial charge in [0.25, 0.3) is 0 Å². The van der Waals surface area contributed by atoms with E-state index < -0.39 is 5.97 Å². The minimum Gasteiger partial charge on any atom is -0.475 e. The highest BCUT2D eigenvalue weighted by Gasteiger charge is 2.26. The number of nitrogens with zero attached hydrogens (tertiary/aromatic N) is 1. The van der Waals surface area contributed by atoms with E-state index >= 15 is 0 Å². The molecule has 2 unspecified atom stereocenters. The minimum absolute atomic E-state index is 0.00264. The molecule has 0 radical (unpaired) electrons. The van der Waals surface area contributed by atoms with Crippen LogP contribution in [0.3, 0.4) is 0 Å². The van der Waals surface area contributed by atoms with E-state index in [1.807, 2.05) is 6.92 Å². The molecule has 0 aliphatic carbocycles. The van der Waals surface area contributed by atoms with Crippen LogP contribution in [0.4, 0.5) is 0 Å². The Labute approximate surface area is 106 Å². The Morgan fingerprint density at radius 3 is 3.00 bits per heavy atom. The Balaban J connectivity index is 2.05. The summed E-state index contributed by atoms with van der Waals surface area (Å²) in [6.07, 6.45) is 2.43. The molecule has 2 heterocycles. The van der Waals surface area contributed by atoms with E-state index in [-0.39, 0.29) is 17.9 Å². The molecule has 0 spiro atoms. The molecular weight excluding hydrogens is 234 g/mol. The Morgan fingerprint density at radius 1 is 1.61 bits per heavy atom. The Bertz CT molecular complexity index is 415. The van der Waals surface area contributed by atoms with E-state index in [0.29, 0.717) is 5.76 Å². The number of hydrogen-bond donors (Lipinski definition) is 1. The average Bonchev–Trinajstić information content (AvgIpc) is 2.87. The SMILES string of the molecule is COC1CCCN(C(C)c2ccc(C(=O)O)o2)C1. The van der Waals surface area contributed by atoms with Crippen LogP contribution < -0.4 is 0 Å². The van der Waals surface area contributed by atoms with Gasteiger partial charge >= 0.3 is 5.97 Å². The number of carbonyl (C=O) groups is 1. The second-order valence-electron chi connectivity index (χ2n) is 4.68. The molecule has 1 aliphatic rings. The summed E-state index contributed by atoms with van der Waals surface area (Å²) >= 11 is 0. The van der Waals surface area contributed by atoms with Gasteiger partial charge in [-0.15, -0.1) is 0 Å². The van der Waals surface area contributed by atoms with Crippen molar-refractivity contribution >= 4 is 5.97 Å². The molecule has 2 rings (SSSR count). The number of carboxylic acid groups (broad SMARTS) is 1. The van der Waals surface area contributed by atoms with Crippen molar-refractivity contribution in [2.24, 2.45) is 0 Å². The molecule has 1 N–H and O–H groups in total. The van der Waals surface area contributed by atoms with Gasteiger partial charge in [0.2, 0.25) is 5.76 Å². The zero-order valence-corrected chi connectivity index (χ0v) is 10.8. The van der Waals surface area contributed by atoms with E-state index in [2.05, 4.69) is 4.90 Å². The lowest BCUT2D eigenvalue weighted by molar-refractivity contribution is 0.0133. The molecule has 2 atom stereocenters. The highest BCUT2D eigenvalue weighted by molar-refractivity contribution is 5.84. The van der Waals surface area contributed by atoms with Crippen LogP contribution in [0.15, 0.2) is 16.5 Å². The number of aromatic carboxylic acids is 1. The molecule has 1 aromatic rings. The summed E-state index contributed by atoms with van der Waals surface area (Å²) < 4.78 is 10.7. The normalized spacial score (nSPS) is 22.9. The predicted molar refractivity (Wildman–Crippen MR) is 65.7 cm³/mol. The highest BCUT2D eigenvalue weighted by Crippen LogP contribution is 2.26. The van der Waals surface area contributed by atoms with Crippen molar-refractivity contribution in [3.8, 4) is 0 Å². The fraction of sp³-hybridized carbons (Fsp3) is 0.615. The van der Waals surface area contributed by atoms with Gasteiger partial charge in [-0.25, -0.2) is 4.79 Å². The first-order valence-corrected chi connectivity index (χ1v) is 6.21. The van der Waals surface area contributed by atoms with Crippen LogP contribution in [0.1, 0.15) is 42.1 Å². The third-order valence-electron chi connectivity index (χ3n) is 3.54. The third-order valence-corrected chi connectivity index (χ3v) is 3.54. The first kappa shape index (κ1) is 13.1. The summed E-state index contributed by atoms with van der Waals surface area (Å²) in [6, 6.07) is 3.33. The number of furan rings is 1. The summed E-state index contributed by atoms with van der Waals surface area (Å²) in [6.45, 7) is 3.88. The quantitative estimate of drug-likeness (QED) is 0.890. The van der Waals surface area contributed by atoms with Crippen molar-refractivity contribution in [1.29, 1.82) is 0 Å². The van der Waals surface area contributed by atoms with Crippen LogP contribution in [0.5, 0.6) is 0 Å². The standard InChI is InChI=1S/C13H19NO4/c1-9(11-5-6-12(18-11)13(15)16)14-7-3-4-10(8-14)17-2/h5-6,9-10H,3-4,7-8H2,1-2H3,(H,15,16). The van der Waals surface area contributed by atoms with Crippen molar-refractivity contribution in [2.45, 2.75) is 31.9 Å². The van der Waals surface area contributed by atoms with Crippen molar-refractivity contribution in [2.75, 3.05) is 20.2 Å². The summed E-state index contributed by atoms with van der Waals surface area (Å²) in [4.78, 5) is 13.1. The van der Waals surface area contributed by atoms with Crippen LogP contribution in [0.25, 0.3) is 0 Å². The van der Waals surface area contributed by atoms with Crippen LogP contribution in [-0.4, -0.2) is 42.3 Å². The van der Waals surface area contributed by atoms with E-state index in [9.17, 15) is 4.79 Å². The molecule has 0 bridgehead atoms. The number of piperidine rings is 1. The molecule has 0 aromatic carbocycles. The van der Waals surface area contributed by atoms with Gasteiger partial charge in [-0.2, -0.15) is 0 Å². The van der Waals surface area contributed by atoms with Crippen LogP contribution in [-0.2, 0) is 4.74 Å². The zero-order valence-electron chi connectivity index (χ0n) is 10.8. The van der Waals surface area contributed by atoms with Gasteiger partial charge in [0, 0.05) is 13.7 Å². The Kier molecular flexibility index (Phi) is 4.04. The van der Waals surface area contributed by atoms with Crippen LogP contribution >= 0.6 is 0 Å².